The molecule has 73 valence electrons. The molecule has 1 aromatic rings. The van der Waals surface area contributed by atoms with Gasteiger partial charge in [0.1, 0.15) is 6.54 Å². The normalized spacial score (nSPS) is 9.43. The van der Waals surface area contributed by atoms with Gasteiger partial charge >= 0.3 is 5.97 Å². The Hall–Kier alpha value is -2.04. The Balaban J connectivity index is 2.61. The summed E-state index contributed by atoms with van der Waals surface area (Å²) in [5.74, 6) is -1.79. The fraction of sp³-hybridized carbons (Fsp3) is 0.111. The molecule has 0 aromatic heterocycles. The minimum atomic E-state index is -1.33. The molecule has 0 bridgehead atoms. The Bertz CT molecular complexity index is 346. The van der Waals surface area contributed by atoms with Gasteiger partial charge in [-0.05, 0) is 24.3 Å². The van der Waals surface area contributed by atoms with E-state index in [0.29, 0.717) is 11.3 Å². The van der Waals surface area contributed by atoms with E-state index < -0.39 is 18.4 Å². The molecule has 0 aliphatic rings. The molecular weight excluding hydrogens is 184 g/mol. The first-order valence-corrected chi connectivity index (χ1v) is 3.93. The van der Waals surface area contributed by atoms with Crippen LogP contribution >= 0.6 is 0 Å². The summed E-state index contributed by atoms with van der Waals surface area (Å²) in [6.45, 7) is -0.497. The molecule has 1 rings (SSSR count). The summed E-state index contributed by atoms with van der Waals surface area (Å²) < 4.78 is 0. The monoisotopic (exact) mass is 193 g/mol. The SMILES string of the molecule is Nc1ccc(C(=O)NCC([O])=O)cc1. The number of hydrogen-bond acceptors (Lipinski definition) is 3. The molecule has 1 aromatic carbocycles. The van der Waals surface area contributed by atoms with Gasteiger partial charge < -0.3 is 11.1 Å². The lowest BCUT2D eigenvalue weighted by atomic mass is 10.2. The summed E-state index contributed by atoms with van der Waals surface area (Å²) >= 11 is 0. The van der Waals surface area contributed by atoms with Crippen molar-refractivity contribution in [2.24, 2.45) is 0 Å². The summed E-state index contributed by atoms with van der Waals surface area (Å²) in [5.41, 5.74) is 6.32. The predicted molar refractivity (Wildman–Crippen MR) is 48.9 cm³/mol. The molecule has 0 spiro atoms. The largest absolute Gasteiger partial charge is 0.399 e. The first-order chi connectivity index (χ1) is 6.59. The van der Waals surface area contributed by atoms with Crippen LogP contribution in [0.2, 0.25) is 0 Å². The molecule has 14 heavy (non-hydrogen) atoms. The van der Waals surface area contributed by atoms with E-state index in [1.807, 2.05) is 0 Å². The molecule has 0 aliphatic heterocycles. The molecule has 0 atom stereocenters. The molecule has 5 heteroatoms. The highest BCUT2D eigenvalue weighted by Crippen LogP contribution is 2.04. The van der Waals surface area contributed by atoms with Gasteiger partial charge in [0.2, 0.25) is 0 Å². The molecule has 0 fully saturated rings. The van der Waals surface area contributed by atoms with E-state index in [2.05, 4.69) is 5.32 Å². The number of benzene rings is 1. The van der Waals surface area contributed by atoms with Crippen LogP contribution < -0.4 is 11.1 Å². The molecule has 0 unspecified atom stereocenters. The Labute approximate surface area is 80.5 Å². The standard InChI is InChI=1S/C9H9N2O3/c10-7-3-1-6(2-4-7)9(14)11-5-8(12)13/h1-4H,5,10H2,(H,11,14). The summed E-state index contributed by atoms with van der Waals surface area (Å²) in [6.07, 6.45) is 0. The average Bonchev–Trinajstić information content (AvgIpc) is 2.15. The summed E-state index contributed by atoms with van der Waals surface area (Å²) in [7, 11) is 0. The van der Waals surface area contributed by atoms with Crippen molar-refractivity contribution < 1.29 is 14.7 Å². The molecule has 1 radical (unpaired) electrons. The van der Waals surface area contributed by atoms with E-state index in [1.54, 1.807) is 12.1 Å². The number of carbonyl (C=O) groups excluding carboxylic acids is 2. The third kappa shape index (κ3) is 2.78. The smallest absolute Gasteiger partial charge is 0.374 e. The lowest BCUT2D eigenvalue weighted by Crippen LogP contribution is -2.28. The fourth-order valence-electron chi connectivity index (χ4n) is 0.889. The Kier molecular flexibility index (Phi) is 3.06. The summed E-state index contributed by atoms with van der Waals surface area (Å²) in [5, 5.41) is 12.2. The second kappa shape index (κ2) is 4.27. The lowest BCUT2D eigenvalue weighted by Gasteiger charge is -2.01. The topological polar surface area (TPSA) is 92.1 Å². The van der Waals surface area contributed by atoms with Gasteiger partial charge in [0.25, 0.3) is 5.91 Å². The predicted octanol–water partition coefficient (Wildman–Crippen LogP) is -0.0443. The number of anilines is 1. The first-order valence-electron chi connectivity index (χ1n) is 3.93. The van der Waals surface area contributed by atoms with Crippen molar-refractivity contribution in [1.29, 1.82) is 0 Å². The zero-order chi connectivity index (χ0) is 10.6. The molecule has 5 nitrogen and oxygen atoms in total. The van der Waals surface area contributed by atoms with Crippen molar-refractivity contribution >= 4 is 17.6 Å². The summed E-state index contributed by atoms with van der Waals surface area (Å²) in [6, 6.07) is 6.15. The van der Waals surface area contributed by atoms with Gasteiger partial charge in [0.05, 0.1) is 0 Å². The van der Waals surface area contributed by atoms with Gasteiger partial charge in [-0.3, -0.25) is 4.79 Å². The number of amides is 1. The molecule has 0 aliphatic carbocycles. The number of hydrogen-bond donors (Lipinski definition) is 2. The van der Waals surface area contributed by atoms with E-state index in [1.165, 1.54) is 12.1 Å². The van der Waals surface area contributed by atoms with Crippen LogP contribution in [0.15, 0.2) is 24.3 Å². The minimum Gasteiger partial charge on any atom is -0.399 e. The third-order valence-corrected chi connectivity index (χ3v) is 1.57. The maximum atomic E-state index is 11.2. The van der Waals surface area contributed by atoms with Crippen molar-refractivity contribution in [3.8, 4) is 0 Å². The zero-order valence-electron chi connectivity index (χ0n) is 7.32. The third-order valence-electron chi connectivity index (χ3n) is 1.57. The van der Waals surface area contributed by atoms with Gasteiger partial charge in [0, 0.05) is 11.3 Å². The van der Waals surface area contributed by atoms with Gasteiger partial charge in [-0.2, -0.15) is 0 Å². The van der Waals surface area contributed by atoms with Crippen LogP contribution in [0.1, 0.15) is 10.4 Å². The van der Waals surface area contributed by atoms with Crippen LogP contribution in [0.4, 0.5) is 5.69 Å². The van der Waals surface area contributed by atoms with Crippen LogP contribution in [-0.4, -0.2) is 18.4 Å². The Morgan fingerprint density at radius 3 is 2.29 bits per heavy atom. The van der Waals surface area contributed by atoms with Crippen molar-refractivity contribution in [1.82, 2.24) is 5.32 Å². The van der Waals surface area contributed by atoms with Gasteiger partial charge in [-0.25, -0.2) is 9.90 Å². The number of rotatable bonds is 3. The van der Waals surface area contributed by atoms with Crippen molar-refractivity contribution in [3.05, 3.63) is 29.8 Å². The van der Waals surface area contributed by atoms with Crippen molar-refractivity contribution in [3.63, 3.8) is 0 Å². The quantitative estimate of drug-likeness (QED) is 0.659. The molecule has 0 saturated carbocycles. The Morgan fingerprint density at radius 1 is 1.21 bits per heavy atom. The molecular formula is C9H9N2O3. The van der Waals surface area contributed by atoms with Gasteiger partial charge in [0.15, 0.2) is 0 Å². The number of nitrogens with two attached hydrogens (primary N) is 1. The number of nitrogen functional groups attached to an aromatic ring is 1. The van der Waals surface area contributed by atoms with Crippen molar-refractivity contribution in [2.75, 3.05) is 12.3 Å². The second-order valence-electron chi connectivity index (χ2n) is 2.68. The van der Waals surface area contributed by atoms with Crippen LogP contribution in [0.5, 0.6) is 0 Å². The van der Waals surface area contributed by atoms with Crippen LogP contribution in [-0.2, 0) is 9.90 Å². The van der Waals surface area contributed by atoms with E-state index in [-0.39, 0.29) is 0 Å². The van der Waals surface area contributed by atoms with Crippen LogP contribution in [0.25, 0.3) is 0 Å². The first kappa shape index (κ1) is 10.0. The van der Waals surface area contributed by atoms with E-state index in [4.69, 9.17) is 5.73 Å². The van der Waals surface area contributed by atoms with Crippen LogP contribution in [0.3, 0.4) is 0 Å². The molecule has 1 amide bonds. The van der Waals surface area contributed by atoms with Crippen LogP contribution in [0, 0.1) is 0 Å². The highest BCUT2D eigenvalue weighted by Gasteiger charge is 2.06. The summed E-state index contributed by atoms with van der Waals surface area (Å²) in [4.78, 5) is 21.3. The number of nitrogens with one attached hydrogen (secondary N) is 1. The maximum absolute atomic E-state index is 11.2. The average molecular weight is 193 g/mol. The maximum Gasteiger partial charge on any atom is 0.374 e. The van der Waals surface area contributed by atoms with E-state index >= 15 is 0 Å². The highest BCUT2D eigenvalue weighted by atomic mass is 16.4. The van der Waals surface area contributed by atoms with Gasteiger partial charge in [-0.1, -0.05) is 0 Å². The van der Waals surface area contributed by atoms with Gasteiger partial charge in [-0.15, -0.1) is 0 Å². The molecule has 3 N–H and O–H groups in total. The minimum absolute atomic E-state index is 0.362. The molecule has 0 saturated heterocycles. The molecule has 0 heterocycles. The zero-order valence-corrected chi connectivity index (χ0v) is 7.32. The fourth-order valence-corrected chi connectivity index (χ4v) is 0.889. The Morgan fingerprint density at radius 2 is 1.79 bits per heavy atom. The van der Waals surface area contributed by atoms with E-state index in [0.717, 1.165) is 0 Å². The second-order valence-corrected chi connectivity index (χ2v) is 2.68. The lowest BCUT2D eigenvalue weighted by molar-refractivity contribution is -0.141. The number of carbonyl (C=O) groups is 2. The highest BCUT2D eigenvalue weighted by molar-refractivity contribution is 5.95. The van der Waals surface area contributed by atoms with Crippen molar-refractivity contribution in [2.45, 2.75) is 0 Å². The van der Waals surface area contributed by atoms with E-state index in [9.17, 15) is 14.7 Å².